The third kappa shape index (κ3) is 5.25. The smallest absolute Gasteiger partial charge is 0.246 e. The molecule has 0 bridgehead atoms. The van der Waals surface area contributed by atoms with Crippen LogP contribution in [-0.2, 0) is 4.79 Å². The van der Waals surface area contributed by atoms with Gasteiger partial charge in [-0.3, -0.25) is 4.79 Å². The Hall–Kier alpha value is -0.540. The van der Waals surface area contributed by atoms with Crippen molar-refractivity contribution < 1.29 is 4.79 Å². The minimum absolute atomic E-state index is 0. The zero-order chi connectivity index (χ0) is 10.4. The second-order valence-corrected chi connectivity index (χ2v) is 3.57. The molecule has 0 aliphatic carbocycles. The number of amides is 1. The van der Waals surface area contributed by atoms with E-state index < -0.39 is 0 Å². The largest absolute Gasteiger partial charge is 0.334 e. The minimum atomic E-state index is 0. The van der Waals surface area contributed by atoms with Gasteiger partial charge in [-0.2, -0.15) is 0 Å². The fraction of sp³-hybridized carbons (Fsp3) is 0.700. The molecule has 0 atom stereocenters. The van der Waals surface area contributed by atoms with E-state index in [-0.39, 0.29) is 30.4 Å². The fourth-order valence-electron chi connectivity index (χ4n) is 1.36. The Labute approximate surface area is 92.7 Å². The summed E-state index contributed by atoms with van der Waals surface area (Å²) in [5, 5.41) is 0. The maximum atomic E-state index is 11.6. The molecule has 0 heterocycles. The highest BCUT2D eigenvalue weighted by molar-refractivity contribution is 5.88. The van der Waals surface area contributed by atoms with Crippen molar-refractivity contribution in [1.29, 1.82) is 0 Å². The first-order valence-electron chi connectivity index (χ1n) is 4.69. The average Bonchev–Trinajstić information content (AvgIpc) is 1.99. The van der Waals surface area contributed by atoms with Crippen LogP contribution in [0.1, 0.15) is 27.7 Å². The summed E-state index contributed by atoms with van der Waals surface area (Å²) in [7, 11) is 0. The molecule has 0 saturated heterocycles. The average molecular weight is 221 g/mol. The molecule has 0 aliphatic rings. The number of nitrogens with zero attached hydrogens (tertiary/aromatic N) is 1. The van der Waals surface area contributed by atoms with E-state index >= 15 is 0 Å². The van der Waals surface area contributed by atoms with E-state index in [1.54, 1.807) is 12.2 Å². The second-order valence-electron chi connectivity index (χ2n) is 3.57. The summed E-state index contributed by atoms with van der Waals surface area (Å²) in [6.45, 7) is 8.44. The molecule has 1 amide bonds. The Morgan fingerprint density at radius 1 is 1.29 bits per heavy atom. The van der Waals surface area contributed by atoms with Gasteiger partial charge in [-0.25, -0.2) is 0 Å². The summed E-state index contributed by atoms with van der Waals surface area (Å²) < 4.78 is 0. The van der Waals surface area contributed by atoms with Crippen LogP contribution in [0.25, 0.3) is 0 Å². The first-order valence-corrected chi connectivity index (χ1v) is 4.69. The molecule has 0 spiro atoms. The molecule has 0 fully saturated rings. The summed E-state index contributed by atoms with van der Waals surface area (Å²) in [4.78, 5) is 13.4. The van der Waals surface area contributed by atoms with Gasteiger partial charge in [0.15, 0.2) is 0 Å². The molecule has 14 heavy (non-hydrogen) atoms. The maximum absolute atomic E-state index is 11.6. The number of nitrogens with two attached hydrogens (primary N) is 1. The van der Waals surface area contributed by atoms with E-state index in [9.17, 15) is 4.79 Å². The number of halogens is 1. The number of rotatable bonds is 4. The predicted octanol–water partition coefficient (Wildman–Crippen LogP) is 1.57. The monoisotopic (exact) mass is 220 g/mol. The summed E-state index contributed by atoms with van der Waals surface area (Å²) in [5.74, 6) is 0.0375. The molecule has 0 aromatic heterocycles. The first kappa shape index (κ1) is 15.9. The highest BCUT2D eigenvalue weighted by Crippen LogP contribution is 2.05. The van der Waals surface area contributed by atoms with Crippen molar-refractivity contribution in [1.82, 2.24) is 4.90 Å². The van der Waals surface area contributed by atoms with Gasteiger partial charge in [-0.1, -0.05) is 6.08 Å². The van der Waals surface area contributed by atoms with Gasteiger partial charge < -0.3 is 10.6 Å². The lowest BCUT2D eigenvalue weighted by molar-refractivity contribution is -0.129. The molecule has 0 saturated carbocycles. The lowest BCUT2D eigenvalue weighted by Crippen LogP contribution is -2.41. The normalized spacial score (nSPS) is 10.8. The fourth-order valence-corrected chi connectivity index (χ4v) is 1.36. The van der Waals surface area contributed by atoms with Crippen molar-refractivity contribution in [2.75, 3.05) is 6.54 Å². The standard InChI is InChI=1S/C10H20N2O.ClH/c1-8(2)12(9(3)4)10(13)6-5-7-11;/h5-6,8-9H,7,11H2,1-4H3;1H/b6-5+;. The molecule has 0 rings (SSSR count). The summed E-state index contributed by atoms with van der Waals surface area (Å²) >= 11 is 0. The van der Waals surface area contributed by atoms with Crippen LogP contribution < -0.4 is 5.73 Å². The molecule has 84 valence electrons. The number of hydrogen-bond donors (Lipinski definition) is 1. The van der Waals surface area contributed by atoms with Gasteiger partial charge in [0.05, 0.1) is 0 Å². The SMILES string of the molecule is CC(C)N(C(=O)/C=C/CN)C(C)C.Cl. The number of hydrogen-bond acceptors (Lipinski definition) is 2. The third-order valence-corrected chi connectivity index (χ3v) is 1.76. The quantitative estimate of drug-likeness (QED) is 0.732. The molecular weight excluding hydrogens is 200 g/mol. The van der Waals surface area contributed by atoms with Crippen LogP contribution >= 0.6 is 12.4 Å². The topological polar surface area (TPSA) is 46.3 Å². The number of carbonyl (C=O) groups is 1. The van der Waals surface area contributed by atoms with Gasteiger partial charge in [0.2, 0.25) is 5.91 Å². The van der Waals surface area contributed by atoms with E-state index in [4.69, 9.17) is 5.73 Å². The maximum Gasteiger partial charge on any atom is 0.246 e. The lowest BCUT2D eigenvalue weighted by atomic mass is 10.2. The molecular formula is C10H21ClN2O. The molecule has 0 unspecified atom stereocenters. The van der Waals surface area contributed by atoms with Crippen LogP contribution in [0.2, 0.25) is 0 Å². The van der Waals surface area contributed by atoms with Gasteiger partial charge in [0, 0.05) is 24.7 Å². The third-order valence-electron chi connectivity index (χ3n) is 1.76. The number of carbonyl (C=O) groups excluding carboxylic acids is 1. The van der Waals surface area contributed by atoms with Gasteiger partial charge in [0.25, 0.3) is 0 Å². The Kier molecular flexibility index (Phi) is 8.89. The molecule has 0 radical (unpaired) electrons. The van der Waals surface area contributed by atoms with Crippen molar-refractivity contribution in [3.63, 3.8) is 0 Å². The Bertz CT molecular complexity index is 183. The first-order chi connectivity index (χ1) is 6.00. The predicted molar refractivity (Wildman–Crippen MR) is 62.6 cm³/mol. The van der Waals surface area contributed by atoms with Crippen LogP contribution in [-0.4, -0.2) is 29.4 Å². The van der Waals surface area contributed by atoms with E-state index in [2.05, 4.69) is 0 Å². The van der Waals surface area contributed by atoms with Crippen LogP contribution in [0.3, 0.4) is 0 Å². The van der Waals surface area contributed by atoms with Gasteiger partial charge in [0.1, 0.15) is 0 Å². The van der Waals surface area contributed by atoms with Crippen LogP contribution in [0.4, 0.5) is 0 Å². The van der Waals surface area contributed by atoms with E-state index in [0.717, 1.165) is 0 Å². The highest BCUT2D eigenvalue weighted by Gasteiger charge is 2.16. The van der Waals surface area contributed by atoms with Crippen molar-refractivity contribution in [2.24, 2.45) is 5.73 Å². The van der Waals surface area contributed by atoms with Crippen molar-refractivity contribution >= 4 is 18.3 Å². The second kappa shape index (κ2) is 7.83. The van der Waals surface area contributed by atoms with Crippen molar-refractivity contribution in [2.45, 2.75) is 39.8 Å². The molecule has 0 aliphatic heterocycles. The lowest BCUT2D eigenvalue weighted by Gasteiger charge is -2.29. The molecule has 2 N–H and O–H groups in total. The van der Waals surface area contributed by atoms with Crippen LogP contribution in [0.5, 0.6) is 0 Å². The van der Waals surface area contributed by atoms with Crippen molar-refractivity contribution in [3.05, 3.63) is 12.2 Å². The van der Waals surface area contributed by atoms with E-state index in [0.29, 0.717) is 6.54 Å². The van der Waals surface area contributed by atoms with Crippen molar-refractivity contribution in [3.8, 4) is 0 Å². The zero-order valence-electron chi connectivity index (χ0n) is 9.36. The van der Waals surface area contributed by atoms with Gasteiger partial charge in [-0.15, -0.1) is 12.4 Å². The highest BCUT2D eigenvalue weighted by atomic mass is 35.5. The van der Waals surface area contributed by atoms with Crippen LogP contribution in [0.15, 0.2) is 12.2 Å². The zero-order valence-corrected chi connectivity index (χ0v) is 10.2. The van der Waals surface area contributed by atoms with E-state index in [1.165, 1.54) is 0 Å². The van der Waals surface area contributed by atoms with Gasteiger partial charge >= 0.3 is 0 Å². The van der Waals surface area contributed by atoms with Gasteiger partial charge in [-0.05, 0) is 27.7 Å². The Balaban J connectivity index is 0. The Morgan fingerprint density at radius 3 is 2.00 bits per heavy atom. The summed E-state index contributed by atoms with van der Waals surface area (Å²) in [6, 6.07) is 0.463. The molecule has 4 heteroatoms. The molecule has 3 nitrogen and oxygen atoms in total. The minimum Gasteiger partial charge on any atom is -0.334 e. The van der Waals surface area contributed by atoms with E-state index in [1.807, 2.05) is 32.6 Å². The van der Waals surface area contributed by atoms with Crippen LogP contribution in [0, 0.1) is 0 Å². The Morgan fingerprint density at radius 2 is 1.71 bits per heavy atom. The molecule has 0 aromatic rings. The summed E-state index contributed by atoms with van der Waals surface area (Å²) in [6.07, 6.45) is 3.22. The summed E-state index contributed by atoms with van der Waals surface area (Å²) in [5.41, 5.74) is 5.27. The molecule has 0 aromatic carbocycles.